The number of aliphatic hydroxyl groups excluding tert-OH is 1. The summed E-state index contributed by atoms with van der Waals surface area (Å²) in [7, 11) is 4.67. The fraction of sp³-hybridized carbons (Fsp3) is 1.00. The maximum absolute atomic E-state index is 7.88. The van der Waals surface area contributed by atoms with Crippen molar-refractivity contribution in [3.8, 4) is 0 Å². The predicted octanol–water partition coefficient (Wildman–Crippen LogP) is 0.697. The molecule has 0 aliphatic carbocycles. The monoisotopic (exact) mass is 119 g/mol. The van der Waals surface area contributed by atoms with Crippen molar-refractivity contribution in [2.45, 2.75) is 13.3 Å². The summed E-state index contributed by atoms with van der Waals surface area (Å²) >= 11 is 1.33. The molecule has 0 aromatic carbocycles. The first-order valence-electron chi connectivity index (χ1n) is 1.79. The third-order valence-electron chi connectivity index (χ3n) is 0.224. The van der Waals surface area contributed by atoms with Crippen LogP contribution in [-0.4, -0.2) is 32.3 Å². The van der Waals surface area contributed by atoms with Crippen LogP contribution in [0.15, 0.2) is 0 Å². The molecule has 0 unspecified atom stereocenters. The summed E-state index contributed by atoms with van der Waals surface area (Å²) in [6, 6.07) is 0. The molecule has 33 valence electrons. The lowest BCUT2D eigenvalue weighted by Crippen LogP contribution is -1.69. The van der Waals surface area contributed by atoms with Crippen molar-refractivity contribution < 1.29 is 5.11 Å². The Morgan fingerprint density at radius 3 is 1.83 bits per heavy atom. The van der Waals surface area contributed by atoms with E-state index < -0.39 is 0 Å². The minimum absolute atomic E-state index is 0.319. The number of aliphatic hydroxyl groups is 1. The second-order valence-corrected chi connectivity index (χ2v) is 0.724. The Labute approximate surface area is 54.9 Å². The normalized spacial score (nSPS) is 6.00. The molecule has 6 heavy (non-hydrogen) atoms. The molecule has 0 saturated heterocycles. The second-order valence-electron chi connectivity index (χ2n) is 0.724. The third-order valence-corrected chi connectivity index (χ3v) is 0.224. The van der Waals surface area contributed by atoms with E-state index in [1.54, 1.807) is 0 Å². The Morgan fingerprint density at radius 2 is 1.83 bits per heavy atom. The molecular weight excluding hydrogens is 112 g/mol. The molecule has 0 aromatic rings. The van der Waals surface area contributed by atoms with Crippen molar-refractivity contribution in [1.82, 2.24) is 0 Å². The van der Waals surface area contributed by atoms with Gasteiger partial charge in [-0.05, 0) is 6.42 Å². The fourth-order valence-corrected chi connectivity index (χ4v) is 0. The SMILES string of the molecule is CCCO.[Mg+2][Cl]. The van der Waals surface area contributed by atoms with Crippen molar-refractivity contribution in [3.63, 3.8) is 0 Å². The molecular formula is C3H8ClMgO+2. The van der Waals surface area contributed by atoms with Crippen LogP contribution >= 0.6 is 9.07 Å². The molecule has 0 aliphatic heterocycles. The number of hydrogen-bond acceptors (Lipinski definition) is 1. The largest absolute Gasteiger partial charge is 1.59 e. The van der Waals surface area contributed by atoms with Crippen molar-refractivity contribution in [3.05, 3.63) is 0 Å². The molecule has 1 N–H and O–H groups in total. The van der Waals surface area contributed by atoms with Gasteiger partial charge in [-0.1, -0.05) is 6.92 Å². The van der Waals surface area contributed by atoms with E-state index in [4.69, 9.17) is 5.11 Å². The standard InChI is InChI=1S/C3H8O.ClH.Mg/c1-2-3-4;;/h4H,2-3H2,1H3;1H;/q;;+3/p-1. The van der Waals surface area contributed by atoms with Gasteiger partial charge in [-0.2, -0.15) is 0 Å². The average molecular weight is 120 g/mol. The molecule has 7 radical (unpaired) electrons. The molecule has 0 saturated carbocycles. The maximum Gasteiger partial charge on any atom is 1.59 e. The minimum atomic E-state index is 0.319. The Morgan fingerprint density at radius 1 is 1.67 bits per heavy atom. The van der Waals surface area contributed by atoms with Crippen LogP contribution in [0.4, 0.5) is 0 Å². The molecule has 0 aliphatic rings. The average Bonchev–Trinajstić information content (AvgIpc) is 1.72. The van der Waals surface area contributed by atoms with E-state index in [2.05, 4.69) is 9.07 Å². The lowest BCUT2D eigenvalue weighted by Gasteiger charge is -1.69. The summed E-state index contributed by atoms with van der Waals surface area (Å²) in [4.78, 5) is 0. The van der Waals surface area contributed by atoms with Gasteiger partial charge < -0.3 is 5.11 Å². The van der Waals surface area contributed by atoms with Gasteiger partial charge in [0.05, 0.1) is 0 Å². The highest BCUT2D eigenvalue weighted by atomic mass is 35.5. The van der Waals surface area contributed by atoms with Gasteiger partial charge >= 0.3 is 29.7 Å². The Bertz CT molecular complexity index is 12.8. The molecule has 0 amide bonds. The van der Waals surface area contributed by atoms with Crippen LogP contribution in [0.5, 0.6) is 0 Å². The summed E-state index contributed by atoms with van der Waals surface area (Å²) in [6.07, 6.45) is 0.875. The highest BCUT2D eigenvalue weighted by molar-refractivity contribution is 6.80. The molecule has 0 aromatic heterocycles. The van der Waals surface area contributed by atoms with Gasteiger partial charge in [-0.25, -0.2) is 0 Å². The smallest absolute Gasteiger partial charge is 0.396 e. The third kappa shape index (κ3) is 19.9. The summed E-state index contributed by atoms with van der Waals surface area (Å²) in [5.41, 5.74) is 0. The van der Waals surface area contributed by atoms with E-state index >= 15 is 0 Å². The van der Waals surface area contributed by atoms with Crippen LogP contribution in [0.25, 0.3) is 0 Å². The molecule has 3 heteroatoms. The molecule has 0 fully saturated rings. The summed E-state index contributed by atoms with van der Waals surface area (Å²) in [6.45, 7) is 2.25. The van der Waals surface area contributed by atoms with Gasteiger partial charge in [-0.3, -0.25) is 0 Å². The van der Waals surface area contributed by atoms with E-state index in [-0.39, 0.29) is 0 Å². The summed E-state index contributed by atoms with van der Waals surface area (Å²) < 4.78 is 0. The number of halogens is 1. The highest BCUT2D eigenvalue weighted by Crippen LogP contribution is 1.61. The zero-order valence-electron chi connectivity index (χ0n) is 3.95. The Hall–Kier alpha value is 1.02. The first kappa shape index (κ1) is 10.1. The Balaban J connectivity index is 0. The summed E-state index contributed by atoms with van der Waals surface area (Å²) in [5, 5.41) is 7.88. The van der Waals surface area contributed by atoms with E-state index in [0.29, 0.717) is 6.61 Å². The van der Waals surface area contributed by atoms with Gasteiger partial charge in [0.15, 0.2) is 0 Å². The zero-order valence-corrected chi connectivity index (χ0v) is 6.12. The van der Waals surface area contributed by atoms with Gasteiger partial charge in [0.2, 0.25) is 0 Å². The van der Waals surface area contributed by atoms with Crippen LogP contribution in [0.2, 0.25) is 0 Å². The van der Waals surface area contributed by atoms with Crippen molar-refractivity contribution >= 4 is 29.7 Å². The summed E-state index contributed by atoms with van der Waals surface area (Å²) in [5.74, 6) is 0. The molecule has 0 bridgehead atoms. The van der Waals surface area contributed by atoms with Gasteiger partial charge in [0.1, 0.15) is 0 Å². The molecule has 1 nitrogen and oxygen atoms in total. The minimum Gasteiger partial charge on any atom is -0.396 e. The quantitative estimate of drug-likeness (QED) is 0.504. The maximum atomic E-state index is 7.88. The fourth-order valence-electron chi connectivity index (χ4n) is 0. The molecule has 0 atom stereocenters. The number of rotatable bonds is 1. The van der Waals surface area contributed by atoms with Crippen LogP contribution in [-0.2, 0) is 0 Å². The van der Waals surface area contributed by atoms with Crippen molar-refractivity contribution in [2.75, 3.05) is 6.61 Å². The first-order valence-corrected chi connectivity index (χ1v) is 3.93. The van der Waals surface area contributed by atoms with Gasteiger partial charge in [-0.15, -0.1) is 0 Å². The van der Waals surface area contributed by atoms with Crippen molar-refractivity contribution in [1.29, 1.82) is 0 Å². The van der Waals surface area contributed by atoms with E-state index in [1.807, 2.05) is 6.92 Å². The molecule has 0 heterocycles. The number of hydrogen-bond donors (Lipinski definition) is 1. The predicted molar refractivity (Wildman–Crippen MR) is 29.0 cm³/mol. The molecule has 0 spiro atoms. The molecule has 0 rings (SSSR count). The lowest BCUT2D eigenvalue weighted by atomic mass is 10.5. The lowest BCUT2D eigenvalue weighted by molar-refractivity contribution is 0.295. The van der Waals surface area contributed by atoms with Crippen molar-refractivity contribution in [2.24, 2.45) is 0 Å². The van der Waals surface area contributed by atoms with Crippen LogP contribution in [0, 0.1) is 0 Å². The van der Waals surface area contributed by atoms with E-state index in [1.165, 1.54) is 20.6 Å². The second kappa shape index (κ2) is 16.6. The first-order chi connectivity index (χ1) is 2.91. The van der Waals surface area contributed by atoms with Crippen LogP contribution < -0.4 is 0 Å². The topological polar surface area (TPSA) is 20.2 Å². The van der Waals surface area contributed by atoms with Gasteiger partial charge in [0.25, 0.3) is 0 Å². The zero-order chi connectivity index (χ0) is 5.41. The van der Waals surface area contributed by atoms with E-state index in [0.717, 1.165) is 6.42 Å². The van der Waals surface area contributed by atoms with E-state index in [9.17, 15) is 0 Å². The van der Waals surface area contributed by atoms with Gasteiger partial charge in [0, 0.05) is 6.61 Å². The van der Waals surface area contributed by atoms with Crippen LogP contribution in [0.1, 0.15) is 13.3 Å². The Kier molecular flexibility index (Phi) is 28.0. The van der Waals surface area contributed by atoms with Crippen LogP contribution in [0.3, 0.4) is 0 Å². The highest BCUT2D eigenvalue weighted by Gasteiger charge is 2.16.